The Morgan fingerprint density at radius 2 is 2.00 bits per heavy atom. The predicted molar refractivity (Wildman–Crippen MR) is 67.7 cm³/mol. The lowest BCUT2D eigenvalue weighted by Crippen LogP contribution is -2.25. The van der Waals surface area contributed by atoms with Crippen molar-refractivity contribution in [3.63, 3.8) is 0 Å². The van der Waals surface area contributed by atoms with Crippen molar-refractivity contribution in [2.45, 2.75) is 26.3 Å². The molecule has 0 radical (unpaired) electrons. The van der Waals surface area contributed by atoms with Crippen molar-refractivity contribution in [1.29, 1.82) is 0 Å². The maximum atomic E-state index is 12.1. The number of fused-ring (bicyclic) bond motifs is 1. The number of aliphatic carboxylic acids is 1. The highest BCUT2D eigenvalue weighted by atomic mass is 16.4. The first-order valence-electron chi connectivity index (χ1n) is 5.78. The Morgan fingerprint density at radius 3 is 2.56 bits per heavy atom. The normalized spacial score (nSPS) is 12.6. The third-order valence-electron chi connectivity index (χ3n) is 2.98. The van der Waals surface area contributed by atoms with Crippen molar-refractivity contribution >= 4 is 16.7 Å². The van der Waals surface area contributed by atoms with Crippen molar-refractivity contribution < 1.29 is 9.90 Å². The number of hydrogen-bond acceptors (Lipinski definition) is 3. The zero-order chi connectivity index (χ0) is 13.3. The highest BCUT2D eigenvalue weighted by molar-refractivity contribution is 5.88. The lowest BCUT2D eigenvalue weighted by atomic mass is 10.0. The second-order valence-corrected chi connectivity index (χ2v) is 4.11. The lowest BCUT2D eigenvalue weighted by Gasteiger charge is -2.12. The molecule has 0 unspecified atom stereocenters. The molecule has 94 valence electrons. The van der Waals surface area contributed by atoms with Crippen LogP contribution < -0.4 is 5.56 Å². The van der Waals surface area contributed by atoms with Gasteiger partial charge in [-0.2, -0.15) is 5.10 Å². The fourth-order valence-electron chi connectivity index (χ4n) is 1.91. The van der Waals surface area contributed by atoms with E-state index >= 15 is 0 Å². The van der Waals surface area contributed by atoms with Gasteiger partial charge in [0.15, 0.2) is 0 Å². The van der Waals surface area contributed by atoms with Crippen LogP contribution in [0.5, 0.6) is 0 Å². The zero-order valence-corrected chi connectivity index (χ0v) is 10.3. The largest absolute Gasteiger partial charge is 0.481 e. The van der Waals surface area contributed by atoms with Crippen molar-refractivity contribution in [3.05, 3.63) is 40.3 Å². The molecule has 0 fully saturated rings. The summed E-state index contributed by atoms with van der Waals surface area (Å²) in [6.07, 6.45) is 0. The summed E-state index contributed by atoms with van der Waals surface area (Å²) in [6.45, 7) is 3.79. The van der Waals surface area contributed by atoms with Crippen LogP contribution in [0.1, 0.15) is 25.5 Å². The van der Waals surface area contributed by atoms with E-state index in [-0.39, 0.29) is 5.56 Å². The number of rotatable bonds is 3. The summed E-state index contributed by atoms with van der Waals surface area (Å²) in [5.74, 6) is -1.69. The molecule has 5 nitrogen and oxygen atoms in total. The van der Waals surface area contributed by atoms with E-state index in [1.54, 1.807) is 38.1 Å². The van der Waals surface area contributed by atoms with E-state index in [9.17, 15) is 9.59 Å². The van der Waals surface area contributed by atoms with E-state index < -0.39 is 11.9 Å². The van der Waals surface area contributed by atoms with Gasteiger partial charge < -0.3 is 5.11 Å². The molecule has 5 heteroatoms. The van der Waals surface area contributed by atoms with Crippen LogP contribution in [-0.4, -0.2) is 20.9 Å². The van der Waals surface area contributed by atoms with Gasteiger partial charge in [-0.3, -0.25) is 9.59 Å². The van der Waals surface area contributed by atoms with E-state index in [0.29, 0.717) is 23.0 Å². The van der Waals surface area contributed by atoms with Gasteiger partial charge in [0.2, 0.25) is 0 Å². The van der Waals surface area contributed by atoms with Gasteiger partial charge in [0.1, 0.15) is 0 Å². The van der Waals surface area contributed by atoms with Crippen LogP contribution in [0.3, 0.4) is 0 Å². The Labute approximate surface area is 104 Å². The maximum Gasteiger partial charge on any atom is 0.312 e. The fourth-order valence-corrected chi connectivity index (χ4v) is 1.91. The van der Waals surface area contributed by atoms with Crippen LogP contribution in [0, 0.1) is 0 Å². The minimum atomic E-state index is -0.950. The van der Waals surface area contributed by atoms with Gasteiger partial charge in [0, 0.05) is 11.9 Å². The minimum Gasteiger partial charge on any atom is -0.481 e. The molecule has 0 spiro atoms. The highest BCUT2D eigenvalue weighted by Gasteiger charge is 2.20. The van der Waals surface area contributed by atoms with Gasteiger partial charge in [-0.25, -0.2) is 4.68 Å². The summed E-state index contributed by atoms with van der Waals surface area (Å²) in [6, 6.07) is 6.97. The standard InChI is InChI=1S/C13H14N2O3/c1-3-15-12(16)10-7-5-4-6-9(10)11(14-15)8(2)13(17)18/h4-8H,3H2,1-2H3,(H,17,18)/t8-/m1/s1. The van der Waals surface area contributed by atoms with Gasteiger partial charge in [0.25, 0.3) is 5.56 Å². The molecule has 1 atom stereocenters. The molecule has 1 aromatic carbocycles. The Morgan fingerprint density at radius 1 is 1.39 bits per heavy atom. The average Bonchev–Trinajstić information content (AvgIpc) is 2.38. The van der Waals surface area contributed by atoms with Crippen LogP contribution >= 0.6 is 0 Å². The van der Waals surface area contributed by atoms with Crippen molar-refractivity contribution in [3.8, 4) is 0 Å². The molecule has 1 heterocycles. The summed E-state index contributed by atoms with van der Waals surface area (Å²) in [5, 5.41) is 14.4. The van der Waals surface area contributed by atoms with E-state index in [1.165, 1.54) is 4.68 Å². The molecular formula is C13H14N2O3. The Bertz CT molecular complexity index is 661. The Kier molecular flexibility index (Phi) is 3.14. The van der Waals surface area contributed by atoms with E-state index in [0.717, 1.165) is 0 Å². The van der Waals surface area contributed by atoms with Crippen molar-refractivity contribution in [2.24, 2.45) is 0 Å². The second-order valence-electron chi connectivity index (χ2n) is 4.11. The molecule has 0 aliphatic carbocycles. The third kappa shape index (κ3) is 1.88. The van der Waals surface area contributed by atoms with Crippen LogP contribution in [-0.2, 0) is 11.3 Å². The summed E-state index contributed by atoms with van der Waals surface area (Å²) in [4.78, 5) is 23.2. The zero-order valence-electron chi connectivity index (χ0n) is 10.3. The number of nitrogens with zero attached hydrogens (tertiary/aromatic N) is 2. The first-order valence-corrected chi connectivity index (χ1v) is 5.78. The van der Waals surface area contributed by atoms with Gasteiger partial charge in [-0.15, -0.1) is 0 Å². The molecule has 2 rings (SSSR count). The first kappa shape index (κ1) is 12.3. The van der Waals surface area contributed by atoms with E-state index in [4.69, 9.17) is 5.11 Å². The van der Waals surface area contributed by atoms with E-state index in [1.807, 2.05) is 0 Å². The summed E-state index contributed by atoms with van der Waals surface area (Å²) >= 11 is 0. The quantitative estimate of drug-likeness (QED) is 0.892. The molecule has 0 aliphatic heterocycles. The molecule has 1 aromatic heterocycles. The Hall–Kier alpha value is -2.17. The topological polar surface area (TPSA) is 72.2 Å². The molecule has 1 N–H and O–H groups in total. The predicted octanol–water partition coefficient (Wildman–Crippen LogP) is 1.60. The lowest BCUT2D eigenvalue weighted by molar-refractivity contribution is -0.138. The smallest absolute Gasteiger partial charge is 0.312 e. The highest BCUT2D eigenvalue weighted by Crippen LogP contribution is 2.21. The van der Waals surface area contributed by atoms with Crippen LogP contribution in [0.4, 0.5) is 0 Å². The van der Waals surface area contributed by atoms with Gasteiger partial charge >= 0.3 is 5.97 Å². The van der Waals surface area contributed by atoms with Crippen molar-refractivity contribution in [2.75, 3.05) is 0 Å². The Balaban J connectivity index is 2.84. The van der Waals surface area contributed by atoms with Gasteiger partial charge in [-0.05, 0) is 19.9 Å². The maximum absolute atomic E-state index is 12.1. The monoisotopic (exact) mass is 246 g/mol. The van der Waals surface area contributed by atoms with Crippen molar-refractivity contribution in [1.82, 2.24) is 9.78 Å². The first-order chi connectivity index (χ1) is 8.56. The molecule has 0 saturated heterocycles. The molecule has 18 heavy (non-hydrogen) atoms. The fraction of sp³-hybridized carbons (Fsp3) is 0.308. The number of hydrogen-bond donors (Lipinski definition) is 1. The molecular weight excluding hydrogens is 232 g/mol. The summed E-state index contributed by atoms with van der Waals surface area (Å²) < 4.78 is 1.30. The molecule has 0 saturated carbocycles. The summed E-state index contributed by atoms with van der Waals surface area (Å²) in [7, 11) is 0. The minimum absolute atomic E-state index is 0.186. The van der Waals surface area contributed by atoms with E-state index in [2.05, 4.69) is 5.10 Å². The number of aromatic nitrogens is 2. The molecule has 0 amide bonds. The molecule has 0 bridgehead atoms. The summed E-state index contributed by atoms with van der Waals surface area (Å²) in [5.41, 5.74) is 0.244. The third-order valence-corrected chi connectivity index (χ3v) is 2.98. The number of carbonyl (C=O) groups is 1. The number of carboxylic acid groups (broad SMARTS) is 1. The van der Waals surface area contributed by atoms with Crippen LogP contribution in [0.15, 0.2) is 29.1 Å². The molecule has 2 aromatic rings. The molecule has 0 aliphatic rings. The van der Waals surface area contributed by atoms with Crippen LogP contribution in [0.25, 0.3) is 10.8 Å². The number of carboxylic acids is 1. The SMILES string of the molecule is CCn1nc([C@@H](C)C(=O)O)c2ccccc2c1=O. The van der Waals surface area contributed by atoms with Gasteiger partial charge in [0.05, 0.1) is 17.0 Å². The number of aryl methyl sites for hydroxylation is 1. The second kappa shape index (κ2) is 4.60. The number of benzene rings is 1. The average molecular weight is 246 g/mol. The van der Waals surface area contributed by atoms with Gasteiger partial charge in [-0.1, -0.05) is 18.2 Å². The van der Waals surface area contributed by atoms with Crippen LogP contribution in [0.2, 0.25) is 0 Å².